The van der Waals surface area contributed by atoms with E-state index in [1.54, 1.807) is 11.3 Å². The Bertz CT molecular complexity index is 494. The fraction of sp³-hybridized carbons (Fsp3) is 0.357. The van der Waals surface area contributed by atoms with E-state index in [9.17, 15) is 5.11 Å². The van der Waals surface area contributed by atoms with Gasteiger partial charge in [-0.25, -0.2) is 4.98 Å². The van der Waals surface area contributed by atoms with Gasteiger partial charge in [-0.2, -0.15) is 0 Å². The topological polar surface area (TPSA) is 59.1 Å². The molecule has 3 N–H and O–H groups in total. The average Bonchev–Trinajstić information content (AvgIpc) is 2.77. The van der Waals surface area contributed by atoms with Gasteiger partial charge in [0.25, 0.3) is 0 Å². The Morgan fingerprint density at radius 2 is 2.06 bits per heavy atom. The van der Waals surface area contributed by atoms with Crippen molar-refractivity contribution in [2.45, 2.75) is 25.4 Å². The molecule has 1 unspecified atom stereocenters. The Morgan fingerprint density at radius 3 is 2.72 bits per heavy atom. The molecule has 0 aliphatic rings. The quantitative estimate of drug-likeness (QED) is 0.870. The molecule has 0 saturated carbocycles. The predicted octanol–water partition coefficient (Wildman–Crippen LogP) is 2.45. The van der Waals surface area contributed by atoms with E-state index >= 15 is 0 Å². The van der Waals surface area contributed by atoms with Crippen LogP contribution in [0.4, 0.5) is 0 Å². The molecule has 0 aliphatic heterocycles. The van der Waals surface area contributed by atoms with Gasteiger partial charge < -0.3 is 10.8 Å². The van der Waals surface area contributed by atoms with E-state index in [-0.39, 0.29) is 0 Å². The van der Waals surface area contributed by atoms with Crippen LogP contribution in [0.3, 0.4) is 0 Å². The van der Waals surface area contributed by atoms with Crippen LogP contribution < -0.4 is 5.73 Å². The van der Waals surface area contributed by atoms with Gasteiger partial charge in [0.05, 0.1) is 16.3 Å². The van der Waals surface area contributed by atoms with Gasteiger partial charge in [-0.05, 0) is 19.9 Å². The predicted molar refractivity (Wildman–Crippen MR) is 75.5 cm³/mol. The normalized spacial score (nSPS) is 14.4. The number of rotatable bonds is 5. The summed E-state index contributed by atoms with van der Waals surface area (Å²) in [6.07, 6.45) is 1.15. The molecule has 3 nitrogen and oxygen atoms in total. The Kier molecular flexibility index (Phi) is 4.11. The van der Waals surface area contributed by atoms with Crippen molar-refractivity contribution in [1.29, 1.82) is 0 Å². The first-order valence-corrected chi connectivity index (χ1v) is 6.91. The minimum absolute atomic E-state index is 0.490. The zero-order valence-corrected chi connectivity index (χ0v) is 11.3. The highest BCUT2D eigenvalue weighted by Crippen LogP contribution is 2.25. The first kappa shape index (κ1) is 13.2. The minimum Gasteiger partial charge on any atom is -0.390 e. The van der Waals surface area contributed by atoms with Crippen LogP contribution in [0.2, 0.25) is 0 Å². The highest BCUT2D eigenvalue weighted by molar-refractivity contribution is 7.09. The van der Waals surface area contributed by atoms with Crippen LogP contribution in [-0.2, 0) is 6.42 Å². The maximum Gasteiger partial charge on any atom is 0.0961 e. The van der Waals surface area contributed by atoms with Crippen LogP contribution in [0, 0.1) is 0 Å². The van der Waals surface area contributed by atoms with Crippen LogP contribution in [0.15, 0.2) is 35.7 Å². The standard InChI is InChI=1S/C14H18N2OS/c1-14(17,7-8-15)9-13-16-12(10-18-13)11-5-3-2-4-6-11/h2-6,10,17H,7-9,15H2,1H3. The van der Waals surface area contributed by atoms with Crippen molar-refractivity contribution < 1.29 is 5.11 Å². The summed E-state index contributed by atoms with van der Waals surface area (Å²) in [5.41, 5.74) is 6.81. The van der Waals surface area contributed by atoms with Gasteiger partial charge in [0.2, 0.25) is 0 Å². The lowest BCUT2D eigenvalue weighted by Gasteiger charge is -2.20. The molecule has 0 radical (unpaired) electrons. The maximum absolute atomic E-state index is 10.1. The third kappa shape index (κ3) is 3.38. The Morgan fingerprint density at radius 1 is 1.33 bits per heavy atom. The molecular weight excluding hydrogens is 244 g/mol. The fourth-order valence-electron chi connectivity index (χ4n) is 1.86. The summed E-state index contributed by atoms with van der Waals surface area (Å²) in [6.45, 7) is 2.30. The van der Waals surface area contributed by atoms with Crippen LogP contribution >= 0.6 is 11.3 Å². The van der Waals surface area contributed by atoms with Gasteiger partial charge in [-0.1, -0.05) is 30.3 Å². The average molecular weight is 262 g/mol. The molecule has 96 valence electrons. The molecule has 0 bridgehead atoms. The first-order valence-electron chi connectivity index (χ1n) is 6.03. The number of aromatic nitrogens is 1. The van der Waals surface area contributed by atoms with Gasteiger partial charge in [0, 0.05) is 17.4 Å². The van der Waals surface area contributed by atoms with E-state index in [0.29, 0.717) is 19.4 Å². The van der Waals surface area contributed by atoms with Gasteiger partial charge >= 0.3 is 0 Å². The van der Waals surface area contributed by atoms with Gasteiger partial charge in [-0.3, -0.25) is 0 Å². The maximum atomic E-state index is 10.1. The second-order valence-electron chi connectivity index (χ2n) is 4.70. The fourth-order valence-corrected chi connectivity index (χ4v) is 2.84. The Balaban J connectivity index is 2.12. The molecule has 0 aliphatic carbocycles. The number of hydrogen-bond donors (Lipinski definition) is 2. The third-order valence-corrected chi connectivity index (χ3v) is 3.69. The van der Waals surface area contributed by atoms with Crippen LogP contribution in [0.5, 0.6) is 0 Å². The Labute approximate surface area is 111 Å². The zero-order valence-electron chi connectivity index (χ0n) is 10.5. The lowest BCUT2D eigenvalue weighted by atomic mass is 9.99. The molecular formula is C14H18N2OS. The van der Waals surface area contributed by atoms with Gasteiger partial charge in [0.1, 0.15) is 0 Å². The van der Waals surface area contributed by atoms with Gasteiger partial charge in [0.15, 0.2) is 0 Å². The second-order valence-corrected chi connectivity index (χ2v) is 5.65. The van der Waals surface area contributed by atoms with E-state index < -0.39 is 5.60 Å². The summed E-state index contributed by atoms with van der Waals surface area (Å²) in [7, 11) is 0. The minimum atomic E-state index is -0.763. The summed E-state index contributed by atoms with van der Waals surface area (Å²) < 4.78 is 0. The van der Waals surface area contributed by atoms with E-state index in [1.165, 1.54) is 0 Å². The molecule has 0 spiro atoms. The molecule has 1 heterocycles. The van der Waals surface area contributed by atoms with Crippen molar-refractivity contribution in [3.63, 3.8) is 0 Å². The summed E-state index contributed by atoms with van der Waals surface area (Å²) in [5.74, 6) is 0. The van der Waals surface area contributed by atoms with E-state index in [2.05, 4.69) is 4.98 Å². The molecule has 2 aromatic rings. The lowest BCUT2D eigenvalue weighted by molar-refractivity contribution is 0.0538. The molecule has 1 aromatic heterocycles. The van der Waals surface area contributed by atoms with Crippen molar-refractivity contribution in [3.8, 4) is 11.3 Å². The third-order valence-electron chi connectivity index (χ3n) is 2.84. The molecule has 1 aromatic carbocycles. The zero-order chi connectivity index (χ0) is 13.0. The molecule has 4 heteroatoms. The van der Waals surface area contributed by atoms with Crippen molar-refractivity contribution in [2.75, 3.05) is 6.54 Å². The van der Waals surface area contributed by atoms with Crippen molar-refractivity contribution >= 4 is 11.3 Å². The SMILES string of the molecule is CC(O)(CCN)Cc1nc(-c2ccccc2)cs1. The molecule has 0 amide bonds. The van der Waals surface area contributed by atoms with E-state index in [0.717, 1.165) is 16.3 Å². The smallest absolute Gasteiger partial charge is 0.0961 e. The number of nitrogens with two attached hydrogens (primary N) is 1. The molecule has 1 atom stereocenters. The summed E-state index contributed by atoms with van der Waals surface area (Å²) in [5, 5.41) is 13.1. The summed E-state index contributed by atoms with van der Waals surface area (Å²) in [4.78, 5) is 4.57. The van der Waals surface area contributed by atoms with Crippen molar-refractivity contribution in [3.05, 3.63) is 40.7 Å². The summed E-state index contributed by atoms with van der Waals surface area (Å²) >= 11 is 1.59. The monoisotopic (exact) mass is 262 g/mol. The highest BCUT2D eigenvalue weighted by atomic mass is 32.1. The highest BCUT2D eigenvalue weighted by Gasteiger charge is 2.21. The van der Waals surface area contributed by atoms with Crippen molar-refractivity contribution in [1.82, 2.24) is 4.98 Å². The van der Waals surface area contributed by atoms with Gasteiger partial charge in [-0.15, -0.1) is 11.3 Å². The Hall–Kier alpha value is -1.23. The van der Waals surface area contributed by atoms with Crippen molar-refractivity contribution in [2.24, 2.45) is 5.73 Å². The number of nitrogens with zero attached hydrogens (tertiary/aromatic N) is 1. The summed E-state index contributed by atoms with van der Waals surface area (Å²) in [6, 6.07) is 10.1. The van der Waals surface area contributed by atoms with E-state index in [4.69, 9.17) is 5.73 Å². The number of thiazole rings is 1. The lowest BCUT2D eigenvalue weighted by Crippen LogP contribution is -2.30. The largest absolute Gasteiger partial charge is 0.390 e. The number of aliphatic hydroxyl groups is 1. The number of hydrogen-bond acceptors (Lipinski definition) is 4. The molecule has 0 saturated heterocycles. The van der Waals surface area contributed by atoms with Crippen LogP contribution in [0.25, 0.3) is 11.3 Å². The molecule has 2 rings (SSSR count). The second kappa shape index (κ2) is 5.61. The van der Waals surface area contributed by atoms with E-state index in [1.807, 2.05) is 42.6 Å². The molecule has 18 heavy (non-hydrogen) atoms. The molecule has 0 fully saturated rings. The first-order chi connectivity index (χ1) is 8.61. The van der Waals surface area contributed by atoms with Crippen LogP contribution in [0.1, 0.15) is 18.4 Å². The van der Waals surface area contributed by atoms with Crippen LogP contribution in [-0.4, -0.2) is 22.2 Å². The number of benzene rings is 1.